The van der Waals surface area contributed by atoms with Crippen molar-refractivity contribution in [3.05, 3.63) is 63.9 Å². The fourth-order valence-electron chi connectivity index (χ4n) is 3.23. The molecule has 1 fully saturated rings. The second kappa shape index (κ2) is 8.17. The Bertz CT molecular complexity index is 739. The van der Waals surface area contributed by atoms with Gasteiger partial charge in [-0.2, -0.15) is 0 Å². The number of rotatable bonds is 4. The standard InChI is InChI=1S/C19H21Cl2N3O/c1-13(9-14-4-5-16(20)10-17(14)21)19(25)24-8-7-23-12-18(24)15-3-2-6-22-11-15/h2-6,10-11,13,18,23H,7-9,12H2,1H3. The summed E-state index contributed by atoms with van der Waals surface area (Å²) in [5, 5.41) is 4.58. The van der Waals surface area contributed by atoms with Crippen molar-refractivity contribution in [2.45, 2.75) is 19.4 Å². The van der Waals surface area contributed by atoms with Crippen LogP contribution in [-0.4, -0.2) is 35.4 Å². The molecule has 0 saturated carbocycles. The van der Waals surface area contributed by atoms with Crippen LogP contribution in [0, 0.1) is 5.92 Å². The van der Waals surface area contributed by atoms with Crippen LogP contribution in [0.25, 0.3) is 0 Å². The number of halogens is 2. The van der Waals surface area contributed by atoms with Crippen molar-refractivity contribution in [2.24, 2.45) is 5.92 Å². The second-order valence-corrected chi connectivity index (χ2v) is 7.22. The maximum Gasteiger partial charge on any atom is 0.226 e. The Morgan fingerprint density at radius 3 is 2.96 bits per heavy atom. The number of nitrogens with one attached hydrogen (secondary N) is 1. The normalized spacial score (nSPS) is 18.8. The number of carbonyl (C=O) groups excluding carboxylic acids is 1. The molecule has 0 bridgehead atoms. The van der Waals surface area contributed by atoms with E-state index in [2.05, 4.69) is 10.3 Å². The lowest BCUT2D eigenvalue weighted by Crippen LogP contribution is -2.50. The van der Waals surface area contributed by atoms with Crippen LogP contribution < -0.4 is 5.32 Å². The van der Waals surface area contributed by atoms with Crippen LogP contribution in [-0.2, 0) is 11.2 Å². The second-order valence-electron chi connectivity index (χ2n) is 6.38. The molecule has 1 aromatic heterocycles. The molecule has 1 saturated heterocycles. The van der Waals surface area contributed by atoms with Gasteiger partial charge in [-0.25, -0.2) is 0 Å². The van der Waals surface area contributed by atoms with Crippen LogP contribution in [0.3, 0.4) is 0 Å². The van der Waals surface area contributed by atoms with E-state index in [-0.39, 0.29) is 17.9 Å². The highest BCUT2D eigenvalue weighted by Gasteiger charge is 2.30. The minimum absolute atomic E-state index is 0.0121. The highest BCUT2D eigenvalue weighted by Crippen LogP contribution is 2.27. The molecule has 0 spiro atoms. The molecule has 4 nitrogen and oxygen atoms in total. The number of hydrogen-bond donors (Lipinski definition) is 1. The van der Waals surface area contributed by atoms with Crippen molar-refractivity contribution in [3.8, 4) is 0 Å². The molecule has 1 N–H and O–H groups in total. The number of hydrogen-bond acceptors (Lipinski definition) is 3. The molecular weight excluding hydrogens is 357 g/mol. The van der Waals surface area contributed by atoms with Crippen molar-refractivity contribution >= 4 is 29.1 Å². The first-order chi connectivity index (χ1) is 12.1. The molecule has 1 aliphatic heterocycles. The lowest BCUT2D eigenvalue weighted by Gasteiger charge is -2.38. The van der Waals surface area contributed by atoms with Crippen molar-refractivity contribution < 1.29 is 4.79 Å². The van der Waals surface area contributed by atoms with Crippen LogP contribution in [0.1, 0.15) is 24.1 Å². The van der Waals surface area contributed by atoms with Gasteiger partial charge in [0, 0.05) is 48.0 Å². The van der Waals surface area contributed by atoms with Crippen molar-refractivity contribution in [1.82, 2.24) is 15.2 Å². The number of benzene rings is 1. The van der Waals surface area contributed by atoms with E-state index in [1.54, 1.807) is 12.3 Å². The Morgan fingerprint density at radius 2 is 2.24 bits per heavy atom. The fraction of sp³-hybridized carbons (Fsp3) is 0.368. The quantitative estimate of drug-likeness (QED) is 0.882. The molecule has 2 heterocycles. The van der Waals surface area contributed by atoms with Crippen LogP contribution in [0.2, 0.25) is 10.0 Å². The van der Waals surface area contributed by atoms with Crippen molar-refractivity contribution in [3.63, 3.8) is 0 Å². The first-order valence-corrected chi connectivity index (χ1v) is 9.17. The van der Waals surface area contributed by atoms with E-state index in [1.165, 1.54) is 0 Å². The highest BCUT2D eigenvalue weighted by molar-refractivity contribution is 6.35. The fourth-order valence-corrected chi connectivity index (χ4v) is 3.71. The topological polar surface area (TPSA) is 45.2 Å². The summed E-state index contributed by atoms with van der Waals surface area (Å²) in [5.74, 6) is -0.0164. The summed E-state index contributed by atoms with van der Waals surface area (Å²) in [7, 11) is 0. The number of carbonyl (C=O) groups is 1. The number of aromatic nitrogens is 1. The van der Waals surface area contributed by atoms with Gasteiger partial charge in [0.25, 0.3) is 0 Å². The summed E-state index contributed by atoms with van der Waals surface area (Å²) < 4.78 is 0. The van der Waals surface area contributed by atoms with E-state index in [4.69, 9.17) is 23.2 Å². The van der Waals surface area contributed by atoms with Gasteiger partial charge in [-0.15, -0.1) is 0 Å². The van der Waals surface area contributed by atoms with E-state index in [1.807, 2.05) is 42.3 Å². The maximum atomic E-state index is 13.1. The SMILES string of the molecule is CC(Cc1ccc(Cl)cc1Cl)C(=O)N1CCNCC1c1cccnc1. The Labute approximate surface area is 158 Å². The zero-order valence-electron chi connectivity index (χ0n) is 14.1. The maximum absolute atomic E-state index is 13.1. The molecule has 1 aliphatic rings. The molecule has 0 radical (unpaired) electrons. The molecule has 2 aromatic rings. The molecular formula is C19H21Cl2N3O. The van der Waals surface area contributed by atoms with Crippen LogP contribution in [0.15, 0.2) is 42.7 Å². The highest BCUT2D eigenvalue weighted by atomic mass is 35.5. The van der Waals surface area contributed by atoms with Gasteiger partial charge >= 0.3 is 0 Å². The number of nitrogens with zero attached hydrogens (tertiary/aromatic N) is 2. The third kappa shape index (κ3) is 4.32. The Hall–Kier alpha value is -1.62. The molecule has 1 amide bonds. The van der Waals surface area contributed by atoms with Crippen LogP contribution in [0.5, 0.6) is 0 Å². The average Bonchev–Trinajstić information content (AvgIpc) is 2.64. The Balaban J connectivity index is 1.75. The zero-order valence-corrected chi connectivity index (χ0v) is 15.6. The molecule has 25 heavy (non-hydrogen) atoms. The van der Waals surface area contributed by atoms with Gasteiger partial charge in [0.2, 0.25) is 5.91 Å². The largest absolute Gasteiger partial charge is 0.333 e. The Kier molecular flexibility index (Phi) is 5.94. The van der Waals surface area contributed by atoms with Gasteiger partial charge in [0.1, 0.15) is 0 Å². The predicted molar refractivity (Wildman–Crippen MR) is 101 cm³/mol. The summed E-state index contributed by atoms with van der Waals surface area (Å²) >= 11 is 12.2. The first kappa shape index (κ1) is 18.2. The van der Waals surface area contributed by atoms with E-state index >= 15 is 0 Å². The average molecular weight is 378 g/mol. The summed E-state index contributed by atoms with van der Waals surface area (Å²) in [6, 6.07) is 9.36. The van der Waals surface area contributed by atoms with Gasteiger partial charge in [-0.05, 0) is 35.7 Å². The van der Waals surface area contributed by atoms with Gasteiger partial charge < -0.3 is 10.2 Å². The number of piperazine rings is 1. The van der Waals surface area contributed by atoms with Crippen LogP contribution in [0.4, 0.5) is 0 Å². The lowest BCUT2D eigenvalue weighted by molar-refractivity contribution is -0.138. The number of pyridine rings is 1. The van der Waals surface area contributed by atoms with E-state index in [0.717, 1.165) is 24.2 Å². The molecule has 6 heteroatoms. The van der Waals surface area contributed by atoms with E-state index in [0.29, 0.717) is 23.0 Å². The monoisotopic (exact) mass is 377 g/mol. The van der Waals surface area contributed by atoms with Gasteiger partial charge in [-0.1, -0.05) is 42.3 Å². The third-order valence-corrected chi connectivity index (χ3v) is 5.15. The number of amides is 1. The summed E-state index contributed by atoms with van der Waals surface area (Å²) in [4.78, 5) is 19.2. The predicted octanol–water partition coefficient (Wildman–Crippen LogP) is 3.74. The molecule has 132 valence electrons. The Morgan fingerprint density at radius 1 is 1.40 bits per heavy atom. The first-order valence-electron chi connectivity index (χ1n) is 8.41. The summed E-state index contributed by atoms with van der Waals surface area (Å²) in [6.45, 7) is 4.19. The van der Waals surface area contributed by atoms with Crippen LogP contribution >= 0.6 is 23.2 Å². The minimum Gasteiger partial charge on any atom is -0.333 e. The summed E-state index contributed by atoms with van der Waals surface area (Å²) in [5.41, 5.74) is 2.00. The molecule has 1 aromatic carbocycles. The lowest BCUT2D eigenvalue weighted by atomic mass is 9.97. The van der Waals surface area contributed by atoms with E-state index < -0.39 is 0 Å². The zero-order chi connectivity index (χ0) is 17.8. The third-order valence-electron chi connectivity index (χ3n) is 4.56. The molecule has 2 atom stereocenters. The smallest absolute Gasteiger partial charge is 0.226 e. The van der Waals surface area contributed by atoms with Gasteiger partial charge in [0.05, 0.1) is 6.04 Å². The van der Waals surface area contributed by atoms with Gasteiger partial charge in [0.15, 0.2) is 0 Å². The van der Waals surface area contributed by atoms with Crippen molar-refractivity contribution in [1.29, 1.82) is 0 Å². The van der Waals surface area contributed by atoms with Crippen molar-refractivity contribution in [2.75, 3.05) is 19.6 Å². The minimum atomic E-state index is -0.157. The molecule has 3 rings (SSSR count). The summed E-state index contributed by atoms with van der Waals surface area (Å²) in [6.07, 6.45) is 4.17. The molecule has 0 aliphatic carbocycles. The van der Waals surface area contributed by atoms with Gasteiger partial charge in [-0.3, -0.25) is 9.78 Å². The van der Waals surface area contributed by atoms with E-state index in [9.17, 15) is 4.79 Å². The molecule has 2 unspecified atom stereocenters.